The normalized spacial score (nSPS) is 24.0. The van der Waals surface area contributed by atoms with E-state index in [0.717, 1.165) is 12.8 Å². The van der Waals surface area contributed by atoms with Crippen LogP contribution in [-0.2, 0) is 0 Å². The van der Waals surface area contributed by atoms with Crippen LogP contribution in [0.1, 0.15) is 12.8 Å². The summed E-state index contributed by atoms with van der Waals surface area (Å²) < 4.78 is 0. The Balaban J connectivity index is 2.60. The molecule has 0 heterocycles. The Morgan fingerprint density at radius 3 is 1.88 bits per heavy atom. The summed E-state index contributed by atoms with van der Waals surface area (Å²) in [5.41, 5.74) is 0. The quantitative estimate of drug-likeness (QED) is 0.412. The Morgan fingerprint density at radius 2 is 1.38 bits per heavy atom. The first-order valence-electron chi connectivity index (χ1n) is 2.81. The molecule has 0 saturated carbocycles. The minimum absolute atomic E-state index is 1.13. The summed E-state index contributed by atoms with van der Waals surface area (Å²) in [6.07, 6.45) is 10.3. The van der Waals surface area contributed by atoms with Gasteiger partial charge < -0.3 is 0 Å². The van der Waals surface area contributed by atoms with Crippen LogP contribution in [0.15, 0.2) is 24.3 Å². The fourth-order valence-electron chi connectivity index (χ4n) is 0.573. The molecule has 0 radical (unpaired) electrons. The molecule has 0 aliphatic heterocycles. The van der Waals surface area contributed by atoms with Gasteiger partial charge in [0.05, 0.1) is 0 Å². The molecular weight excluding hydrogens is 96.1 g/mol. The highest BCUT2D eigenvalue weighted by Gasteiger charge is 1.75. The SMILES string of the molecule is C1#C/C=C\CC/C=C\1. The standard InChI is InChI=1S/C8H8/c1-2-4-6-8-7-5-3-1/h1-2,7-8H,3,5H2/b2-1-,8-7-. The second-order valence-corrected chi connectivity index (χ2v) is 1.67. The Hall–Kier alpha value is -0.960. The zero-order valence-electron chi connectivity index (χ0n) is 4.72. The maximum absolute atomic E-state index is 2.87. The predicted octanol–water partition coefficient (Wildman–Crippen LogP) is 1.90. The highest BCUT2D eigenvalue weighted by atomic mass is 13.8. The number of hydrogen-bond acceptors (Lipinski definition) is 0. The van der Waals surface area contributed by atoms with Crippen molar-refractivity contribution in [3.8, 4) is 11.8 Å². The topological polar surface area (TPSA) is 0 Å². The van der Waals surface area contributed by atoms with E-state index in [1.54, 1.807) is 0 Å². The van der Waals surface area contributed by atoms with Crippen LogP contribution in [0.25, 0.3) is 0 Å². The van der Waals surface area contributed by atoms with Crippen LogP contribution in [-0.4, -0.2) is 0 Å². The van der Waals surface area contributed by atoms with Crippen molar-refractivity contribution in [3.63, 3.8) is 0 Å². The van der Waals surface area contributed by atoms with Gasteiger partial charge in [0.15, 0.2) is 0 Å². The maximum atomic E-state index is 2.87. The Kier molecular flexibility index (Phi) is 2.01. The maximum Gasteiger partial charge on any atom is -0.0155 e. The lowest BCUT2D eigenvalue weighted by molar-refractivity contribution is 1.05. The van der Waals surface area contributed by atoms with Gasteiger partial charge in [-0.15, -0.1) is 0 Å². The first-order valence-corrected chi connectivity index (χ1v) is 2.81. The van der Waals surface area contributed by atoms with Crippen LogP contribution in [0.2, 0.25) is 0 Å². The highest BCUT2D eigenvalue weighted by molar-refractivity contribution is 5.24. The molecule has 0 spiro atoms. The van der Waals surface area contributed by atoms with E-state index in [9.17, 15) is 0 Å². The number of allylic oxidation sites excluding steroid dienone is 4. The molecule has 0 aromatic rings. The zero-order chi connectivity index (χ0) is 5.66. The van der Waals surface area contributed by atoms with Crippen LogP contribution in [0, 0.1) is 11.8 Å². The van der Waals surface area contributed by atoms with Gasteiger partial charge in [0, 0.05) is 0 Å². The molecule has 1 aliphatic rings. The summed E-state index contributed by atoms with van der Waals surface area (Å²) in [7, 11) is 0. The Morgan fingerprint density at radius 1 is 0.875 bits per heavy atom. The van der Waals surface area contributed by atoms with Gasteiger partial charge in [0.25, 0.3) is 0 Å². The first-order chi connectivity index (χ1) is 4.00. The van der Waals surface area contributed by atoms with Crippen molar-refractivity contribution < 1.29 is 0 Å². The van der Waals surface area contributed by atoms with Crippen LogP contribution in [0.4, 0.5) is 0 Å². The van der Waals surface area contributed by atoms with Gasteiger partial charge in [0.2, 0.25) is 0 Å². The molecule has 0 unspecified atom stereocenters. The third-order valence-electron chi connectivity index (χ3n) is 0.986. The van der Waals surface area contributed by atoms with E-state index in [0.29, 0.717) is 0 Å². The second-order valence-electron chi connectivity index (χ2n) is 1.67. The number of hydrogen-bond donors (Lipinski definition) is 0. The van der Waals surface area contributed by atoms with Crippen LogP contribution in [0.3, 0.4) is 0 Å². The molecule has 0 atom stereocenters. The van der Waals surface area contributed by atoms with Crippen molar-refractivity contribution in [3.05, 3.63) is 24.3 Å². The zero-order valence-corrected chi connectivity index (χ0v) is 4.72. The molecule has 1 rings (SSSR count). The molecule has 0 amide bonds. The van der Waals surface area contributed by atoms with Crippen LogP contribution < -0.4 is 0 Å². The summed E-state index contributed by atoms with van der Waals surface area (Å²) in [6.45, 7) is 0. The highest BCUT2D eigenvalue weighted by Crippen LogP contribution is 1.93. The van der Waals surface area contributed by atoms with Crippen LogP contribution in [0.5, 0.6) is 0 Å². The molecule has 0 aromatic heterocycles. The van der Waals surface area contributed by atoms with Gasteiger partial charge in [-0.1, -0.05) is 24.0 Å². The van der Waals surface area contributed by atoms with Crippen molar-refractivity contribution in [1.29, 1.82) is 0 Å². The van der Waals surface area contributed by atoms with Gasteiger partial charge in [-0.3, -0.25) is 0 Å². The molecule has 8 heavy (non-hydrogen) atoms. The van der Waals surface area contributed by atoms with Crippen molar-refractivity contribution in [2.75, 3.05) is 0 Å². The molecule has 0 aromatic carbocycles. The molecule has 0 nitrogen and oxygen atoms in total. The lowest BCUT2D eigenvalue weighted by Gasteiger charge is -1.83. The minimum Gasteiger partial charge on any atom is -0.0758 e. The average Bonchev–Trinajstić information content (AvgIpc) is 1.62. The second kappa shape index (κ2) is 3.10. The van der Waals surface area contributed by atoms with Gasteiger partial charge in [-0.25, -0.2) is 0 Å². The molecular formula is C8H8. The summed E-state index contributed by atoms with van der Waals surface area (Å²) in [4.78, 5) is 0. The van der Waals surface area contributed by atoms with Gasteiger partial charge in [0.1, 0.15) is 0 Å². The van der Waals surface area contributed by atoms with Crippen molar-refractivity contribution in [1.82, 2.24) is 0 Å². The van der Waals surface area contributed by atoms with E-state index in [4.69, 9.17) is 0 Å². The molecule has 0 saturated heterocycles. The predicted molar refractivity (Wildman–Crippen MR) is 35.3 cm³/mol. The fourth-order valence-corrected chi connectivity index (χ4v) is 0.573. The van der Waals surface area contributed by atoms with E-state index in [2.05, 4.69) is 24.0 Å². The van der Waals surface area contributed by atoms with Crippen molar-refractivity contribution in [2.24, 2.45) is 0 Å². The monoisotopic (exact) mass is 104 g/mol. The van der Waals surface area contributed by atoms with E-state index in [1.807, 2.05) is 12.2 Å². The van der Waals surface area contributed by atoms with Gasteiger partial charge >= 0.3 is 0 Å². The van der Waals surface area contributed by atoms with E-state index < -0.39 is 0 Å². The van der Waals surface area contributed by atoms with Crippen molar-refractivity contribution >= 4 is 0 Å². The average molecular weight is 104 g/mol. The van der Waals surface area contributed by atoms with E-state index >= 15 is 0 Å². The van der Waals surface area contributed by atoms with Crippen molar-refractivity contribution in [2.45, 2.75) is 12.8 Å². The summed E-state index contributed by atoms with van der Waals surface area (Å²) >= 11 is 0. The Bertz CT molecular complexity index is 144. The van der Waals surface area contributed by atoms with E-state index in [-0.39, 0.29) is 0 Å². The lowest BCUT2D eigenvalue weighted by Crippen LogP contribution is -1.66. The molecule has 0 N–H and O–H groups in total. The van der Waals surface area contributed by atoms with Gasteiger partial charge in [-0.05, 0) is 25.0 Å². The molecule has 1 aliphatic carbocycles. The van der Waals surface area contributed by atoms with E-state index in [1.165, 1.54) is 0 Å². The van der Waals surface area contributed by atoms with Gasteiger partial charge in [-0.2, -0.15) is 0 Å². The molecule has 0 bridgehead atoms. The van der Waals surface area contributed by atoms with Crippen LogP contribution >= 0.6 is 0 Å². The molecule has 0 fully saturated rings. The summed E-state index contributed by atoms with van der Waals surface area (Å²) in [6, 6.07) is 0. The first kappa shape index (κ1) is 5.18. The molecule has 0 heteroatoms. The third-order valence-corrected chi connectivity index (χ3v) is 0.986. The summed E-state index contributed by atoms with van der Waals surface area (Å²) in [5.74, 6) is 5.74. The summed E-state index contributed by atoms with van der Waals surface area (Å²) in [5, 5.41) is 0. The minimum atomic E-state index is 1.13. The number of rotatable bonds is 0. The Labute approximate surface area is 49.9 Å². The molecule has 40 valence electrons. The largest absolute Gasteiger partial charge is 0.0758 e. The third kappa shape index (κ3) is 1.66. The smallest absolute Gasteiger partial charge is 0.0155 e. The fraction of sp³-hybridized carbons (Fsp3) is 0.250. The lowest BCUT2D eigenvalue weighted by atomic mass is 10.2.